The van der Waals surface area contributed by atoms with Crippen molar-refractivity contribution >= 4 is 39.3 Å². The minimum absolute atomic E-state index is 0.0339. The Hall–Kier alpha value is -2.63. The normalized spacial score (nSPS) is 11.8. The summed E-state index contributed by atoms with van der Waals surface area (Å²) in [5.41, 5.74) is 2.77. The van der Waals surface area contributed by atoms with Crippen LogP contribution in [0.3, 0.4) is 0 Å². The Bertz CT molecular complexity index is 1070. The molecule has 0 radical (unpaired) electrons. The summed E-state index contributed by atoms with van der Waals surface area (Å²) in [5, 5.41) is 3.59. The Morgan fingerprint density at radius 3 is 2.21 bits per heavy atom. The second kappa shape index (κ2) is 12.0. The number of hydrogen-bond acceptors (Lipinski definition) is 2. The van der Waals surface area contributed by atoms with Gasteiger partial charge in [-0.3, -0.25) is 9.59 Å². The topological polar surface area (TPSA) is 49.4 Å². The van der Waals surface area contributed by atoms with E-state index in [-0.39, 0.29) is 24.3 Å². The predicted molar refractivity (Wildman–Crippen MR) is 137 cm³/mol. The molecule has 0 aromatic heterocycles. The molecule has 6 heteroatoms. The molecular weight excluding hydrogens is 500 g/mol. The first-order valence-corrected chi connectivity index (χ1v) is 12.1. The Morgan fingerprint density at radius 1 is 0.909 bits per heavy atom. The number of nitrogens with zero attached hydrogens (tertiary/aromatic N) is 1. The van der Waals surface area contributed by atoms with E-state index in [1.54, 1.807) is 17.0 Å². The zero-order chi connectivity index (χ0) is 23.8. The Morgan fingerprint density at radius 2 is 1.58 bits per heavy atom. The predicted octanol–water partition coefficient (Wildman–Crippen LogP) is 5.81. The minimum atomic E-state index is -0.648. The van der Waals surface area contributed by atoms with Gasteiger partial charge in [0.2, 0.25) is 11.8 Å². The van der Waals surface area contributed by atoms with E-state index in [0.29, 0.717) is 18.0 Å². The lowest BCUT2D eigenvalue weighted by Gasteiger charge is -2.32. The zero-order valence-electron chi connectivity index (χ0n) is 18.8. The van der Waals surface area contributed by atoms with Crippen LogP contribution < -0.4 is 5.32 Å². The number of nitrogens with one attached hydrogen (secondary N) is 1. The minimum Gasteiger partial charge on any atom is -0.352 e. The van der Waals surface area contributed by atoms with Crippen molar-refractivity contribution in [2.75, 3.05) is 0 Å². The van der Waals surface area contributed by atoms with Gasteiger partial charge in [0.15, 0.2) is 0 Å². The van der Waals surface area contributed by atoms with E-state index in [9.17, 15) is 9.59 Å². The first-order valence-electron chi connectivity index (χ1n) is 10.9. The summed E-state index contributed by atoms with van der Waals surface area (Å²) in [5.74, 6) is -0.287. The summed E-state index contributed by atoms with van der Waals surface area (Å²) in [6.45, 7) is 4.17. The first-order chi connectivity index (χ1) is 15.8. The fourth-order valence-corrected chi connectivity index (χ4v) is 4.12. The highest BCUT2D eigenvalue weighted by atomic mass is 79.9. The van der Waals surface area contributed by atoms with Crippen molar-refractivity contribution in [3.63, 3.8) is 0 Å². The van der Waals surface area contributed by atoms with Crippen LogP contribution in [0.25, 0.3) is 0 Å². The molecule has 0 aliphatic carbocycles. The third-order valence-corrected chi connectivity index (χ3v) is 5.98. The van der Waals surface area contributed by atoms with Crippen molar-refractivity contribution in [2.45, 2.75) is 45.3 Å². The molecule has 0 aliphatic heterocycles. The number of halogens is 2. The molecule has 2 amide bonds. The van der Waals surface area contributed by atoms with Crippen molar-refractivity contribution in [1.29, 1.82) is 0 Å². The van der Waals surface area contributed by atoms with Gasteiger partial charge >= 0.3 is 0 Å². The van der Waals surface area contributed by atoms with Gasteiger partial charge in [-0.15, -0.1) is 0 Å². The highest BCUT2D eigenvalue weighted by Gasteiger charge is 2.30. The van der Waals surface area contributed by atoms with Crippen LogP contribution in [-0.2, 0) is 29.0 Å². The first kappa shape index (κ1) is 25.0. The lowest BCUT2D eigenvalue weighted by molar-refractivity contribution is -0.141. The van der Waals surface area contributed by atoms with Gasteiger partial charge in [-0.25, -0.2) is 0 Å². The van der Waals surface area contributed by atoms with Gasteiger partial charge in [-0.2, -0.15) is 0 Å². The fourth-order valence-electron chi connectivity index (χ4n) is 3.64. The quantitative estimate of drug-likeness (QED) is 0.382. The van der Waals surface area contributed by atoms with Crippen LogP contribution in [0.2, 0.25) is 5.02 Å². The van der Waals surface area contributed by atoms with Crippen LogP contribution >= 0.6 is 27.5 Å². The summed E-state index contributed by atoms with van der Waals surface area (Å²) >= 11 is 9.59. The highest BCUT2D eigenvalue weighted by Crippen LogP contribution is 2.19. The van der Waals surface area contributed by atoms with Gasteiger partial charge in [-0.05, 0) is 54.8 Å². The lowest BCUT2D eigenvalue weighted by Crippen LogP contribution is -2.52. The maximum absolute atomic E-state index is 13.6. The van der Waals surface area contributed by atoms with Gasteiger partial charge in [0.05, 0.1) is 6.42 Å². The molecule has 1 N–H and O–H groups in total. The fraction of sp³-hybridized carbons (Fsp3) is 0.259. The Labute approximate surface area is 209 Å². The summed E-state index contributed by atoms with van der Waals surface area (Å²) in [6, 6.07) is 24.2. The van der Waals surface area contributed by atoms with Crippen molar-refractivity contribution in [2.24, 2.45) is 0 Å². The van der Waals surface area contributed by atoms with E-state index in [1.807, 2.05) is 80.6 Å². The average Bonchev–Trinajstić information content (AvgIpc) is 2.77. The van der Waals surface area contributed by atoms with Crippen molar-refractivity contribution in [1.82, 2.24) is 10.2 Å². The number of benzene rings is 3. The smallest absolute Gasteiger partial charge is 0.243 e. The SMILES string of the molecule is CC(C)NC(=O)[C@H](Cc1ccccc1)N(Cc1ccc(Br)cc1)C(=O)Cc1cccc(Cl)c1. The third-order valence-electron chi connectivity index (χ3n) is 5.21. The van der Waals surface area contributed by atoms with Crippen molar-refractivity contribution in [3.8, 4) is 0 Å². The van der Waals surface area contributed by atoms with Crippen LogP contribution in [0.4, 0.5) is 0 Å². The second-order valence-corrected chi connectivity index (χ2v) is 9.68. The van der Waals surface area contributed by atoms with Crippen LogP contribution in [0.5, 0.6) is 0 Å². The van der Waals surface area contributed by atoms with Gasteiger partial charge in [-0.1, -0.05) is 82.1 Å². The molecular formula is C27H28BrClN2O2. The summed E-state index contributed by atoms with van der Waals surface area (Å²) < 4.78 is 0.960. The zero-order valence-corrected chi connectivity index (χ0v) is 21.1. The molecule has 33 heavy (non-hydrogen) atoms. The maximum atomic E-state index is 13.6. The largest absolute Gasteiger partial charge is 0.352 e. The van der Waals surface area contributed by atoms with Crippen LogP contribution in [0, 0.1) is 0 Å². The maximum Gasteiger partial charge on any atom is 0.243 e. The van der Waals surface area contributed by atoms with E-state index in [4.69, 9.17) is 11.6 Å². The molecule has 1 atom stereocenters. The molecule has 3 rings (SSSR count). The van der Waals surface area contributed by atoms with E-state index in [2.05, 4.69) is 21.2 Å². The molecule has 0 fully saturated rings. The molecule has 0 heterocycles. The molecule has 0 unspecified atom stereocenters. The van der Waals surface area contributed by atoms with E-state index < -0.39 is 6.04 Å². The highest BCUT2D eigenvalue weighted by molar-refractivity contribution is 9.10. The van der Waals surface area contributed by atoms with Gasteiger partial charge in [0.1, 0.15) is 6.04 Å². The average molecular weight is 528 g/mol. The van der Waals surface area contributed by atoms with Gasteiger partial charge in [0, 0.05) is 28.5 Å². The standard InChI is InChI=1S/C27H28BrClN2O2/c1-19(2)30-27(33)25(16-20-7-4-3-5-8-20)31(18-21-11-13-23(28)14-12-21)26(32)17-22-9-6-10-24(29)15-22/h3-15,19,25H,16-18H2,1-2H3,(H,30,33)/t25-/m0/s1. The molecule has 0 spiro atoms. The van der Waals surface area contributed by atoms with Gasteiger partial charge in [0.25, 0.3) is 0 Å². The van der Waals surface area contributed by atoms with Gasteiger partial charge < -0.3 is 10.2 Å². The molecule has 3 aromatic carbocycles. The van der Waals surface area contributed by atoms with Crippen LogP contribution in [-0.4, -0.2) is 28.8 Å². The van der Waals surface area contributed by atoms with Crippen molar-refractivity contribution in [3.05, 3.63) is 105 Å². The number of rotatable bonds is 9. The number of carbonyl (C=O) groups is 2. The molecule has 0 saturated heterocycles. The molecule has 3 aromatic rings. The molecule has 172 valence electrons. The number of hydrogen-bond donors (Lipinski definition) is 1. The molecule has 0 aliphatic rings. The lowest BCUT2D eigenvalue weighted by atomic mass is 10.0. The third kappa shape index (κ3) is 7.72. The Balaban J connectivity index is 1.96. The number of carbonyl (C=O) groups excluding carboxylic acids is 2. The van der Waals surface area contributed by atoms with Crippen molar-refractivity contribution < 1.29 is 9.59 Å². The monoisotopic (exact) mass is 526 g/mol. The van der Waals surface area contributed by atoms with E-state index in [0.717, 1.165) is 21.2 Å². The van der Waals surface area contributed by atoms with E-state index >= 15 is 0 Å². The summed E-state index contributed by atoms with van der Waals surface area (Å²) in [7, 11) is 0. The number of amides is 2. The second-order valence-electron chi connectivity index (χ2n) is 8.32. The molecule has 4 nitrogen and oxygen atoms in total. The Kier molecular flexibility index (Phi) is 9.10. The molecule has 0 bridgehead atoms. The summed E-state index contributed by atoms with van der Waals surface area (Å²) in [4.78, 5) is 28.6. The molecule has 0 saturated carbocycles. The van der Waals surface area contributed by atoms with E-state index in [1.165, 1.54) is 0 Å². The van der Waals surface area contributed by atoms with Crippen LogP contribution in [0.15, 0.2) is 83.3 Å². The van der Waals surface area contributed by atoms with Crippen LogP contribution in [0.1, 0.15) is 30.5 Å². The summed E-state index contributed by atoms with van der Waals surface area (Å²) in [6.07, 6.45) is 0.592.